The van der Waals surface area contributed by atoms with E-state index >= 15 is 0 Å². The number of nitro groups is 1. The Morgan fingerprint density at radius 2 is 2.23 bits per heavy atom. The molecular weight excluding hydrogens is 372 g/mol. The standard InChI is InChI=1S/C7H4BrClINO2/c8-3-5-6(10)1-4(9)2-7(5)11(12)13/h1-2H,3H2. The van der Waals surface area contributed by atoms with Crippen LogP contribution in [0.2, 0.25) is 5.02 Å². The fraction of sp³-hybridized carbons (Fsp3) is 0.143. The molecule has 70 valence electrons. The molecule has 0 fully saturated rings. The average Bonchev–Trinajstić information content (AvgIpc) is 2.02. The van der Waals surface area contributed by atoms with Crippen molar-refractivity contribution in [3.8, 4) is 0 Å². The predicted molar refractivity (Wildman–Crippen MR) is 63.5 cm³/mol. The van der Waals surface area contributed by atoms with E-state index in [4.69, 9.17) is 11.6 Å². The Morgan fingerprint density at radius 1 is 1.62 bits per heavy atom. The van der Waals surface area contributed by atoms with Crippen molar-refractivity contribution in [3.63, 3.8) is 0 Å². The Kier molecular flexibility index (Phi) is 3.93. The fourth-order valence-electron chi connectivity index (χ4n) is 0.885. The molecule has 1 aromatic carbocycles. The van der Waals surface area contributed by atoms with Crippen molar-refractivity contribution in [1.29, 1.82) is 0 Å². The van der Waals surface area contributed by atoms with E-state index < -0.39 is 4.92 Å². The lowest BCUT2D eigenvalue weighted by Crippen LogP contribution is -1.95. The first-order valence-corrected chi connectivity index (χ1v) is 5.82. The van der Waals surface area contributed by atoms with Gasteiger partial charge in [-0.05, 0) is 28.7 Å². The summed E-state index contributed by atoms with van der Waals surface area (Å²) in [5.41, 5.74) is 0.726. The second-order valence-electron chi connectivity index (χ2n) is 2.28. The van der Waals surface area contributed by atoms with Gasteiger partial charge in [0.1, 0.15) is 0 Å². The molecule has 0 atom stereocenters. The Hall–Kier alpha value is 0.120. The zero-order chi connectivity index (χ0) is 10.0. The van der Waals surface area contributed by atoms with Gasteiger partial charge in [0, 0.05) is 20.0 Å². The highest BCUT2D eigenvalue weighted by atomic mass is 127. The maximum atomic E-state index is 10.6. The summed E-state index contributed by atoms with van der Waals surface area (Å²) in [6, 6.07) is 3.06. The van der Waals surface area contributed by atoms with E-state index in [1.165, 1.54) is 6.07 Å². The van der Waals surface area contributed by atoms with Gasteiger partial charge in [-0.3, -0.25) is 10.1 Å². The van der Waals surface area contributed by atoms with Gasteiger partial charge in [0.25, 0.3) is 5.69 Å². The number of nitro benzene ring substituents is 1. The van der Waals surface area contributed by atoms with Crippen molar-refractivity contribution in [2.24, 2.45) is 0 Å². The molecule has 0 saturated heterocycles. The van der Waals surface area contributed by atoms with Crippen molar-refractivity contribution >= 4 is 55.8 Å². The van der Waals surface area contributed by atoms with Gasteiger partial charge >= 0.3 is 0 Å². The molecule has 0 radical (unpaired) electrons. The summed E-state index contributed by atoms with van der Waals surface area (Å²) in [6.45, 7) is 0. The van der Waals surface area contributed by atoms with Crippen LogP contribution in [-0.2, 0) is 5.33 Å². The highest BCUT2D eigenvalue weighted by Gasteiger charge is 2.16. The van der Waals surface area contributed by atoms with Gasteiger partial charge in [0.05, 0.1) is 10.5 Å². The molecule has 1 rings (SSSR count). The van der Waals surface area contributed by atoms with Crippen molar-refractivity contribution in [3.05, 3.63) is 36.4 Å². The van der Waals surface area contributed by atoms with Gasteiger partial charge in [0.15, 0.2) is 0 Å². The van der Waals surface area contributed by atoms with Crippen molar-refractivity contribution in [2.75, 3.05) is 0 Å². The van der Waals surface area contributed by atoms with Crippen LogP contribution in [0.4, 0.5) is 5.69 Å². The number of hydrogen-bond donors (Lipinski definition) is 0. The molecule has 3 nitrogen and oxygen atoms in total. The van der Waals surface area contributed by atoms with Crippen LogP contribution in [0.25, 0.3) is 0 Å². The molecule has 0 bridgehead atoms. The maximum Gasteiger partial charge on any atom is 0.275 e. The molecule has 1 aromatic rings. The molecule has 0 amide bonds. The first-order valence-electron chi connectivity index (χ1n) is 3.24. The quantitative estimate of drug-likeness (QED) is 0.342. The third-order valence-corrected chi connectivity index (χ3v) is 3.21. The summed E-state index contributed by atoms with van der Waals surface area (Å²) in [5.74, 6) is 0. The average molecular weight is 376 g/mol. The molecule has 0 saturated carbocycles. The largest absolute Gasteiger partial charge is 0.275 e. The van der Waals surface area contributed by atoms with E-state index in [0.29, 0.717) is 15.9 Å². The van der Waals surface area contributed by atoms with Crippen molar-refractivity contribution < 1.29 is 4.92 Å². The van der Waals surface area contributed by atoms with Crippen LogP contribution in [0, 0.1) is 13.7 Å². The molecule has 0 aromatic heterocycles. The molecular formula is C7H4BrClINO2. The third kappa shape index (κ3) is 2.54. The second-order valence-corrected chi connectivity index (χ2v) is 4.44. The molecule has 0 aliphatic carbocycles. The molecule has 0 aliphatic rings. The summed E-state index contributed by atoms with van der Waals surface area (Å²) in [7, 11) is 0. The first kappa shape index (κ1) is 11.2. The molecule has 0 aliphatic heterocycles. The minimum Gasteiger partial charge on any atom is -0.258 e. The lowest BCUT2D eigenvalue weighted by atomic mass is 10.2. The van der Waals surface area contributed by atoms with Crippen LogP contribution >= 0.6 is 50.1 Å². The number of rotatable bonds is 2. The molecule has 0 spiro atoms. The Balaban J connectivity index is 3.38. The van der Waals surface area contributed by atoms with Gasteiger partial charge < -0.3 is 0 Å². The molecule has 0 unspecified atom stereocenters. The highest BCUT2D eigenvalue weighted by molar-refractivity contribution is 14.1. The summed E-state index contributed by atoms with van der Waals surface area (Å²) >= 11 is 10.9. The molecule has 13 heavy (non-hydrogen) atoms. The summed E-state index contributed by atoms with van der Waals surface area (Å²) in [5, 5.41) is 11.5. The Morgan fingerprint density at radius 3 is 2.69 bits per heavy atom. The zero-order valence-corrected chi connectivity index (χ0v) is 10.8. The summed E-state index contributed by atoms with van der Waals surface area (Å²) < 4.78 is 0.800. The minimum atomic E-state index is -0.426. The van der Waals surface area contributed by atoms with Crippen LogP contribution in [0.1, 0.15) is 5.56 Å². The SMILES string of the molecule is O=[N+]([O-])c1cc(Cl)cc(I)c1CBr. The van der Waals surface area contributed by atoms with Crippen LogP contribution in [0.3, 0.4) is 0 Å². The number of benzene rings is 1. The van der Waals surface area contributed by atoms with Gasteiger partial charge in [-0.2, -0.15) is 0 Å². The number of halogens is 3. The van der Waals surface area contributed by atoms with E-state index in [2.05, 4.69) is 15.9 Å². The van der Waals surface area contributed by atoms with Crippen LogP contribution < -0.4 is 0 Å². The van der Waals surface area contributed by atoms with Gasteiger partial charge in [-0.15, -0.1) is 0 Å². The number of nitrogens with zero attached hydrogens (tertiary/aromatic N) is 1. The lowest BCUT2D eigenvalue weighted by Gasteiger charge is -2.02. The topological polar surface area (TPSA) is 43.1 Å². The monoisotopic (exact) mass is 375 g/mol. The number of hydrogen-bond acceptors (Lipinski definition) is 2. The van der Waals surface area contributed by atoms with E-state index in [0.717, 1.165) is 3.57 Å². The molecule has 0 N–H and O–H groups in total. The third-order valence-electron chi connectivity index (χ3n) is 1.47. The lowest BCUT2D eigenvalue weighted by molar-refractivity contribution is -0.385. The maximum absolute atomic E-state index is 10.6. The molecule has 6 heteroatoms. The second kappa shape index (κ2) is 4.56. The van der Waals surface area contributed by atoms with Gasteiger partial charge in [-0.1, -0.05) is 27.5 Å². The molecule has 0 heterocycles. The van der Waals surface area contributed by atoms with Crippen molar-refractivity contribution in [1.82, 2.24) is 0 Å². The summed E-state index contributed by atoms with van der Waals surface area (Å²) in [6.07, 6.45) is 0. The minimum absolute atomic E-state index is 0.0637. The Bertz CT molecular complexity index is 359. The summed E-state index contributed by atoms with van der Waals surface area (Å²) in [4.78, 5) is 10.2. The number of alkyl halides is 1. The van der Waals surface area contributed by atoms with Crippen LogP contribution in [0.5, 0.6) is 0 Å². The van der Waals surface area contributed by atoms with Crippen molar-refractivity contribution in [2.45, 2.75) is 5.33 Å². The van der Waals surface area contributed by atoms with E-state index in [1.54, 1.807) is 6.07 Å². The van der Waals surface area contributed by atoms with E-state index in [1.807, 2.05) is 22.6 Å². The van der Waals surface area contributed by atoms with E-state index in [9.17, 15) is 10.1 Å². The predicted octanol–water partition coefficient (Wildman–Crippen LogP) is 3.75. The van der Waals surface area contributed by atoms with Crippen LogP contribution in [-0.4, -0.2) is 4.92 Å². The smallest absolute Gasteiger partial charge is 0.258 e. The zero-order valence-electron chi connectivity index (χ0n) is 6.26. The van der Waals surface area contributed by atoms with E-state index in [-0.39, 0.29) is 5.69 Å². The normalized spacial score (nSPS) is 10.1. The van der Waals surface area contributed by atoms with Gasteiger partial charge in [-0.25, -0.2) is 0 Å². The first-order chi connectivity index (χ1) is 6.06. The Labute approximate surface area is 102 Å². The van der Waals surface area contributed by atoms with Crippen LogP contribution in [0.15, 0.2) is 12.1 Å². The fourth-order valence-corrected chi connectivity index (χ4v) is 3.20. The highest BCUT2D eigenvalue weighted by Crippen LogP contribution is 2.29. The van der Waals surface area contributed by atoms with Gasteiger partial charge in [0.2, 0.25) is 0 Å².